The van der Waals surface area contributed by atoms with Gasteiger partial charge in [0.15, 0.2) is 0 Å². The lowest BCUT2D eigenvalue weighted by Gasteiger charge is -2.35. The van der Waals surface area contributed by atoms with Crippen molar-refractivity contribution in [3.8, 4) is 0 Å². The minimum absolute atomic E-state index is 0.0680. The van der Waals surface area contributed by atoms with E-state index in [2.05, 4.69) is 39.5 Å². The molecule has 2 heterocycles. The standard InChI is InChI=1S/C18H22N4O/c1-21(2)18(23)15-9-6-10-17(20-15)22-12-11-19-16(13-22)14-7-4-3-5-8-14/h3-10,16,19H,11-13H2,1-2H3. The molecule has 1 aromatic carbocycles. The largest absolute Gasteiger partial charge is 0.353 e. The van der Waals surface area contributed by atoms with Crippen LogP contribution in [0.5, 0.6) is 0 Å². The van der Waals surface area contributed by atoms with E-state index in [1.165, 1.54) is 5.56 Å². The van der Waals surface area contributed by atoms with Gasteiger partial charge in [0, 0.05) is 39.8 Å². The summed E-state index contributed by atoms with van der Waals surface area (Å²) in [6.07, 6.45) is 0. The Bertz CT molecular complexity index is 672. The van der Waals surface area contributed by atoms with Crippen molar-refractivity contribution >= 4 is 11.7 Å². The number of carbonyl (C=O) groups excluding carboxylic acids is 1. The highest BCUT2D eigenvalue weighted by Gasteiger charge is 2.22. The number of nitrogens with zero attached hydrogens (tertiary/aromatic N) is 3. The summed E-state index contributed by atoms with van der Waals surface area (Å²) >= 11 is 0. The first-order valence-electron chi connectivity index (χ1n) is 7.87. The van der Waals surface area contributed by atoms with Crippen molar-refractivity contribution in [2.24, 2.45) is 0 Å². The maximum atomic E-state index is 12.1. The summed E-state index contributed by atoms with van der Waals surface area (Å²) in [5.74, 6) is 0.793. The van der Waals surface area contributed by atoms with Crippen molar-refractivity contribution in [3.05, 3.63) is 59.8 Å². The molecular weight excluding hydrogens is 288 g/mol. The Kier molecular flexibility index (Phi) is 4.57. The molecule has 1 amide bonds. The Hall–Kier alpha value is -2.40. The number of rotatable bonds is 3. The van der Waals surface area contributed by atoms with Gasteiger partial charge in [0.2, 0.25) is 0 Å². The zero-order valence-corrected chi connectivity index (χ0v) is 13.6. The van der Waals surface area contributed by atoms with Crippen LogP contribution in [0.1, 0.15) is 22.1 Å². The normalized spacial score (nSPS) is 17.8. The molecule has 5 heteroatoms. The molecule has 23 heavy (non-hydrogen) atoms. The third-order valence-electron chi connectivity index (χ3n) is 4.06. The quantitative estimate of drug-likeness (QED) is 0.941. The minimum atomic E-state index is -0.0680. The van der Waals surface area contributed by atoms with Crippen LogP contribution < -0.4 is 10.2 Å². The van der Waals surface area contributed by atoms with Crippen molar-refractivity contribution in [1.29, 1.82) is 0 Å². The SMILES string of the molecule is CN(C)C(=O)c1cccc(N2CCNC(c3ccccc3)C2)n1. The number of hydrogen-bond acceptors (Lipinski definition) is 4. The topological polar surface area (TPSA) is 48.5 Å². The molecule has 5 nitrogen and oxygen atoms in total. The summed E-state index contributed by atoms with van der Waals surface area (Å²) in [5, 5.41) is 3.55. The van der Waals surface area contributed by atoms with Crippen LogP contribution in [0.2, 0.25) is 0 Å². The lowest BCUT2D eigenvalue weighted by atomic mass is 10.0. The highest BCUT2D eigenvalue weighted by atomic mass is 16.2. The van der Waals surface area contributed by atoms with Crippen LogP contribution in [-0.2, 0) is 0 Å². The first kappa shape index (κ1) is 15.5. The second-order valence-corrected chi connectivity index (χ2v) is 5.94. The molecule has 1 aliphatic rings. The fourth-order valence-electron chi connectivity index (χ4n) is 2.81. The predicted octanol–water partition coefficient (Wildman–Crippen LogP) is 1.93. The molecule has 0 bridgehead atoms. The fraction of sp³-hybridized carbons (Fsp3) is 0.333. The van der Waals surface area contributed by atoms with Crippen molar-refractivity contribution in [1.82, 2.24) is 15.2 Å². The lowest BCUT2D eigenvalue weighted by molar-refractivity contribution is 0.0822. The molecule has 1 aromatic heterocycles. The minimum Gasteiger partial charge on any atom is -0.353 e. The Morgan fingerprint density at radius 2 is 1.96 bits per heavy atom. The lowest BCUT2D eigenvalue weighted by Crippen LogP contribution is -2.46. The Labute approximate surface area is 136 Å². The zero-order valence-electron chi connectivity index (χ0n) is 13.6. The molecule has 0 aliphatic carbocycles. The van der Waals surface area contributed by atoms with Crippen LogP contribution in [0.4, 0.5) is 5.82 Å². The number of pyridine rings is 1. The van der Waals surface area contributed by atoms with Crippen molar-refractivity contribution in [2.75, 3.05) is 38.6 Å². The number of amides is 1. The maximum Gasteiger partial charge on any atom is 0.272 e. The number of hydrogen-bond donors (Lipinski definition) is 1. The van der Waals surface area contributed by atoms with Gasteiger partial charge >= 0.3 is 0 Å². The summed E-state index contributed by atoms with van der Waals surface area (Å²) in [6.45, 7) is 2.62. The van der Waals surface area contributed by atoms with Crippen LogP contribution in [0.3, 0.4) is 0 Å². The summed E-state index contributed by atoms with van der Waals surface area (Å²) in [6, 6.07) is 16.3. The molecule has 120 valence electrons. The van der Waals surface area contributed by atoms with E-state index in [9.17, 15) is 4.79 Å². The van der Waals surface area contributed by atoms with E-state index in [1.807, 2.05) is 18.2 Å². The van der Waals surface area contributed by atoms with Crippen LogP contribution in [0.25, 0.3) is 0 Å². The van der Waals surface area contributed by atoms with Crippen LogP contribution >= 0.6 is 0 Å². The molecule has 1 N–H and O–H groups in total. The molecule has 0 spiro atoms. The summed E-state index contributed by atoms with van der Waals surface area (Å²) in [7, 11) is 3.49. The van der Waals surface area contributed by atoms with Gasteiger partial charge in [0.25, 0.3) is 5.91 Å². The molecule has 1 aliphatic heterocycles. The van der Waals surface area contributed by atoms with Gasteiger partial charge in [-0.15, -0.1) is 0 Å². The molecule has 2 aromatic rings. The summed E-state index contributed by atoms with van der Waals surface area (Å²) in [5.41, 5.74) is 1.76. The zero-order chi connectivity index (χ0) is 16.2. The van der Waals surface area contributed by atoms with Crippen LogP contribution in [0.15, 0.2) is 48.5 Å². The molecule has 1 fully saturated rings. The van der Waals surface area contributed by atoms with E-state index in [0.29, 0.717) is 5.69 Å². The average Bonchev–Trinajstić information content (AvgIpc) is 2.62. The monoisotopic (exact) mass is 310 g/mol. The van der Waals surface area contributed by atoms with Gasteiger partial charge in [0.1, 0.15) is 11.5 Å². The number of anilines is 1. The second kappa shape index (κ2) is 6.79. The van der Waals surface area contributed by atoms with Gasteiger partial charge in [-0.05, 0) is 17.7 Å². The Morgan fingerprint density at radius 1 is 1.17 bits per heavy atom. The van der Waals surface area contributed by atoms with E-state index in [1.54, 1.807) is 25.1 Å². The second-order valence-electron chi connectivity index (χ2n) is 5.94. The molecule has 0 radical (unpaired) electrons. The fourth-order valence-corrected chi connectivity index (χ4v) is 2.81. The molecule has 0 saturated carbocycles. The molecule has 1 unspecified atom stereocenters. The molecule has 1 atom stereocenters. The van der Waals surface area contributed by atoms with Gasteiger partial charge in [-0.2, -0.15) is 0 Å². The number of piperazine rings is 1. The third-order valence-corrected chi connectivity index (χ3v) is 4.06. The van der Waals surface area contributed by atoms with E-state index in [4.69, 9.17) is 0 Å². The number of benzene rings is 1. The first-order chi connectivity index (χ1) is 11.1. The summed E-state index contributed by atoms with van der Waals surface area (Å²) < 4.78 is 0. The van der Waals surface area contributed by atoms with Gasteiger partial charge < -0.3 is 15.1 Å². The van der Waals surface area contributed by atoms with Gasteiger partial charge in [-0.1, -0.05) is 36.4 Å². The first-order valence-corrected chi connectivity index (χ1v) is 7.87. The van der Waals surface area contributed by atoms with Gasteiger partial charge in [0.05, 0.1) is 0 Å². The van der Waals surface area contributed by atoms with E-state index in [-0.39, 0.29) is 11.9 Å². The van der Waals surface area contributed by atoms with Crippen molar-refractivity contribution in [2.45, 2.75) is 6.04 Å². The van der Waals surface area contributed by atoms with E-state index in [0.717, 1.165) is 25.5 Å². The molecule has 1 saturated heterocycles. The molecular formula is C18H22N4O. The highest BCUT2D eigenvalue weighted by Crippen LogP contribution is 2.21. The maximum absolute atomic E-state index is 12.1. The smallest absolute Gasteiger partial charge is 0.272 e. The van der Waals surface area contributed by atoms with Crippen LogP contribution in [-0.4, -0.2) is 49.5 Å². The van der Waals surface area contributed by atoms with Gasteiger partial charge in [-0.25, -0.2) is 4.98 Å². The van der Waals surface area contributed by atoms with E-state index >= 15 is 0 Å². The Balaban J connectivity index is 1.79. The number of carbonyl (C=O) groups is 1. The highest BCUT2D eigenvalue weighted by molar-refractivity contribution is 5.92. The van der Waals surface area contributed by atoms with Crippen molar-refractivity contribution < 1.29 is 4.79 Å². The van der Waals surface area contributed by atoms with Gasteiger partial charge in [-0.3, -0.25) is 4.79 Å². The number of aromatic nitrogens is 1. The summed E-state index contributed by atoms with van der Waals surface area (Å²) in [4.78, 5) is 20.4. The van der Waals surface area contributed by atoms with Crippen molar-refractivity contribution in [3.63, 3.8) is 0 Å². The Morgan fingerprint density at radius 3 is 2.70 bits per heavy atom. The average molecular weight is 310 g/mol. The predicted molar refractivity (Wildman–Crippen MR) is 91.7 cm³/mol. The molecule has 3 rings (SSSR count). The van der Waals surface area contributed by atoms with Crippen LogP contribution in [0, 0.1) is 0 Å². The third kappa shape index (κ3) is 3.51. The van der Waals surface area contributed by atoms with E-state index < -0.39 is 0 Å². The number of nitrogens with one attached hydrogen (secondary N) is 1.